The molecular weight excluding hydrogens is 164 g/mol. The molecule has 0 saturated carbocycles. The molecule has 13 heavy (non-hydrogen) atoms. The van der Waals surface area contributed by atoms with Crippen LogP contribution in [-0.4, -0.2) is 11.7 Å². The highest BCUT2D eigenvalue weighted by Gasteiger charge is 2.21. The Labute approximate surface area is 78.2 Å². The van der Waals surface area contributed by atoms with Crippen molar-refractivity contribution in [2.45, 2.75) is 25.9 Å². The number of aliphatic hydroxyl groups is 1. The fourth-order valence-electron chi connectivity index (χ4n) is 1.69. The lowest BCUT2D eigenvalue weighted by Gasteiger charge is -2.03. The van der Waals surface area contributed by atoms with E-state index >= 15 is 0 Å². The van der Waals surface area contributed by atoms with Crippen LogP contribution in [0.15, 0.2) is 18.2 Å². The molecule has 1 heterocycles. The Morgan fingerprint density at radius 2 is 2.38 bits per heavy atom. The van der Waals surface area contributed by atoms with Gasteiger partial charge in [0.15, 0.2) is 0 Å². The highest BCUT2D eigenvalue weighted by atomic mass is 16.5. The Hall–Kier alpha value is -1.02. The molecule has 0 aliphatic carbocycles. The zero-order valence-electron chi connectivity index (χ0n) is 7.79. The Kier molecular flexibility index (Phi) is 2.23. The molecule has 1 unspecified atom stereocenters. The summed E-state index contributed by atoms with van der Waals surface area (Å²) >= 11 is 0. The van der Waals surface area contributed by atoms with Crippen LogP contribution >= 0.6 is 0 Å². The SMILES string of the molecule is CCCc1ccc2c(c1)C(O)CO2. The molecule has 2 rings (SSSR count). The molecule has 2 nitrogen and oxygen atoms in total. The van der Waals surface area contributed by atoms with Gasteiger partial charge in [-0.05, 0) is 24.1 Å². The molecule has 0 radical (unpaired) electrons. The molecule has 1 atom stereocenters. The van der Waals surface area contributed by atoms with E-state index in [0.717, 1.165) is 24.2 Å². The third kappa shape index (κ3) is 1.54. The van der Waals surface area contributed by atoms with E-state index in [1.807, 2.05) is 6.07 Å². The van der Waals surface area contributed by atoms with Gasteiger partial charge in [-0.25, -0.2) is 0 Å². The van der Waals surface area contributed by atoms with Crippen molar-refractivity contribution in [1.29, 1.82) is 0 Å². The topological polar surface area (TPSA) is 29.5 Å². The smallest absolute Gasteiger partial charge is 0.125 e. The van der Waals surface area contributed by atoms with Crippen molar-refractivity contribution in [2.75, 3.05) is 6.61 Å². The summed E-state index contributed by atoms with van der Waals surface area (Å²) in [5.74, 6) is 0.840. The lowest BCUT2D eigenvalue weighted by atomic mass is 10.0. The van der Waals surface area contributed by atoms with Crippen LogP contribution < -0.4 is 4.74 Å². The van der Waals surface area contributed by atoms with Crippen molar-refractivity contribution in [3.63, 3.8) is 0 Å². The summed E-state index contributed by atoms with van der Waals surface area (Å²) < 4.78 is 5.29. The Morgan fingerprint density at radius 3 is 3.15 bits per heavy atom. The van der Waals surface area contributed by atoms with Gasteiger partial charge in [0, 0.05) is 5.56 Å². The van der Waals surface area contributed by atoms with Crippen LogP contribution in [0, 0.1) is 0 Å². The molecule has 0 fully saturated rings. The fraction of sp³-hybridized carbons (Fsp3) is 0.455. The van der Waals surface area contributed by atoms with Crippen molar-refractivity contribution in [3.8, 4) is 5.75 Å². The van der Waals surface area contributed by atoms with Gasteiger partial charge in [0.05, 0.1) is 0 Å². The van der Waals surface area contributed by atoms with E-state index in [9.17, 15) is 5.11 Å². The summed E-state index contributed by atoms with van der Waals surface area (Å²) in [6.07, 6.45) is 1.78. The van der Waals surface area contributed by atoms with Crippen LogP contribution in [0.2, 0.25) is 0 Å². The molecule has 0 spiro atoms. The Balaban J connectivity index is 2.31. The van der Waals surface area contributed by atoms with E-state index in [1.54, 1.807) is 0 Å². The summed E-state index contributed by atoms with van der Waals surface area (Å²) in [6.45, 7) is 2.56. The molecule has 1 aliphatic rings. The molecule has 1 aromatic rings. The third-order valence-electron chi connectivity index (χ3n) is 2.37. The monoisotopic (exact) mass is 178 g/mol. The molecule has 0 amide bonds. The van der Waals surface area contributed by atoms with Crippen molar-refractivity contribution >= 4 is 0 Å². The fourth-order valence-corrected chi connectivity index (χ4v) is 1.69. The highest BCUT2D eigenvalue weighted by Crippen LogP contribution is 2.32. The second kappa shape index (κ2) is 3.38. The zero-order valence-corrected chi connectivity index (χ0v) is 7.79. The Bertz CT molecular complexity index is 307. The maximum atomic E-state index is 9.55. The Morgan fingerprint density at radius 1 is 1.54 bits per heavy atom. The molecule has 0 aromatic heterocycles. The predicted octanol–water partition coefficient (Wildman–Crippen LogP) is 2.06. The molecule has 1 aliphatic heterocycles. The van der Waals surface area contributed by atoms with Crippen molar-refractivity contribution in [1.82, 2.24) is 0 Å². The second-order valence-electron chi connectivity index (χ2n) is 3.45. The first kappa shape index (κ1) is 8.57. The van der Waals surface area contributed by atoms with E-state index in [-0.39, 0.29) is 0 Å². The number of ether oxygens (including phenoxy) is 1. The molecule has 0 bridgehead atoms. The van der Waals surface area contributed by atoms with Crippen LogP contribution in [0.4, 0.5) is 0 Å². The quantitative estimate of drug-likeness (QED) is 0.751. The normalized spacial score (nSPS) is 19.7. The van der Waals surface area contributed by atoms with E-state index in [1.165, 1.54) is 5.56 Å². The van der Waals surface area contributed by atoms with Gasteiger partial charge in [0.25, 0.3) is 0 Å². The first-order valence-corrected chi connectivity index (χ1v) is 4.75. The minimum Gasteiger partial charge on any atom is -0.490 e. The van der Waals surface area contributed by atoms with Gasteiger partial charge < -0.3 is 9.84 Å². The first-order chi connectivity index (χ1) is 6.31. The van der Waals surface area contributed by atoms with Gasteiger partial charge in [-0.3, -0.25) is 0 Å². The van der Waals surface area contributed by atoms with Crippen molar-refractivity contribution < 1.29 is 9.84 Å². The maximum Gasteiger partial charge on any atom is 0.125 e. The first-order valence-electron chi connectivity index (χ1n) is 4.75. The lowest BCUT2D eigenvalue weighted by molar-refractivity contribution is 0.140. The molecule has 2 heteroatoms. The summed E-state index contributed by atoms with van der Waals surface area (Å²) in [5.41, 5.74) is 2.23. The molecular formula is C11H14O2. The van der Waals surface area contributed by atoms with E-state index < -0.39 is 6.10 Å². The summed E-state index contributed by atoms with van der Waals surface area (Å²) in [6, 6.07) is 6.08. The minimum atomic E-state index is -0.424. The molecule has 0 saturated heterocycles. The summed E-state index contributed by atoms with van der Waals surface area (Å²) in [5, 5.41) is 9.55. The van der Waals surface area contributed by atoms with Gasteiger partial charge >= 0.3 is 0 Å². The second-order valence-corrected chi connectivity index (χ2v) is 3.45. The largest absolute Gasteiger partial charge is 0.490 e. The maximum absolute atomic E-state index is 9.55. The number of aryl methyl sites for hydroxylation is 1. The third-order valence-corrected chi connectivity index (χ3v) is 2.37. The highest BCUT2D eigenvalue weighted by molar-refractivity contribution is 5.41. The van der Waals surface area contributed by atoms with Crippen molar-refractivity contribution in [3.05, 3.63) is 29.3 Å². The van der Waals surface area contributed by atoms with E-state index in [4.69, 9.17) is 4.74 Å². The van der Waals surface area contributed by atoms with Gasteiger partial charge in [-0.2, -0.15) is 0 Å². The lowest BCUT2D eigenvalue weighted by Crippen LogP contribution is -1.97. The molecule has 1 N–H and O–H groups in total. The standard InChI is InChI=1S/C11H14O2/c1-2-3-8-4-5-11-9(6-8)10(12)7-13-11/h4-6,10,12H,2-3,7H2,1H3. The molecule has 70 valence electrons. The van der Waals surface area contributed by atoms with Crippen LogP contribution in [0.25, 0.3) is 0 Å². The number of aliphatic hydroxyl groups excluding tert-OH is 1. The van der Waals surface area contributed by atoms with E-state index in [0.29, 0.717) is 6.61 Å². The van der Waals surface area contributed by atoms with E-state index in [2.05, 4.69) is 19.1 Å². The van der Waals surface area contributed by atoms with Gasteiger partial charge in [-0.1, -0.05) is 19.4 Å². The average molecular weight is 178 g/mol. The van der Waals surface area contributed by atoms with Gasteiger partial charge in [0.1, 0.15) is 18.5 Å². The number of fused-ring (bicyclic) bond motifs is 1. The van der Waals surface area contributed by atoms with Crippen LogP contribution in [-0.2, 0) is 6.42 Å². The number of benzene rings is 1. The number of hydrogen-bond donors (Lipinski definition) is 1. The summed E-state index contributed by atoms with van der Waals surface area (Å²) in [4.78, 5) is 0. The number of hydrogen-bond acceptors (Lipinski definition) is 2. The minimum absolute atomic E-state index is 0.408. The van der Waals surface area contributed by atoms with Crippen molar-refractivity contribution in [2.24, 2.45) is 0 Å². The summed E-state index contributed by atoms with van der Waals surface area (Å²) in [7, 11) is 0. The zero-order chi connectivity index (χ0) is 9.26. The van der Waals surface area contributed by atoms with Crippen LogP contribution in [0.1, 0.15) is 30.6 Å². The van der Waals surface area contributed by atoms with Gasteiger partial charge in [-0.15, -0.1) is 0 Å². The van der Waals surface area contributed by atoms with Gasteiger partial charge in [0.2, 0.25) is 0 Å². The molecule has 1 aromatic carbocycles. The van der Waals surface area contributed by atoms with Crippen LogP contribution in [0.3, 0.4) is 0 Å². The van der Waals surface area contributed by atoms with Crippen LogP contribution in [0.5, 0.6) is 5.75 Å². The number of rotatable bonds is 2. The average Bonchev–Trinajstić information content (AvgIpc) is 2.49. The predicted molar refractivity (Wildman–Crippen MR) is 50.9 cm³/mol.